The lowest BCUT2D eigenvalue weighted by Gasteiger charge is -2.05. The van der Waals surface area contributed by atoms with Gasteiger partial charge in [0, 0.05) is 18.9 Å². The number of carbonyl (C=O) groups excluding carboxylic acids is 1. The van der Waals surface area contributed by atoms with E-state index in [1.807, 2.05) is 6.07 Å². The Labute approximate surface area is 137 Å². The SMILES string of the molecule is Cc1cc(F)ccc1-n1cc(O)c(C(=O)NCc2cccnc2)n1. The van der Waals surface area contributed by atoms with Crippen LogP contribution in [-0.2, 0) is 6.54 Å². The Morgan fingerprint density at radius 2 is 2.21 bits per heavy atom. The number of rotatable bonds is 4. The van der Waals surface area contributed by atoms with Gasteiger partial charge in [0.1, 0.15) is 5.82 Å². The molecule has 0 unspecified atom stereocenters. The first-order valence-corrected chi connectivity index (χ1v) is 7.27. The van der Waals surface area contributed by atoms with Crippen LogP contribution in [0.5, 0.6) is 5.75 Å². The highest BCUT2D eigenvalue weighted by atomic mass is 19.1. The van der Waals surface area contributed by atoms with Crippen molar-refractivity contribution in [1.82, 2.24) is 20.1 Å². The first kappa shape index (κ1) is 15.7. The van der Waals surface area contributed by atoms with Crippen LogP contribution in [0.1, 0.15) is 21.6 Å². The van der Waals surface area contributed by atoms with E-state index in [-0.39, 0.29) is 23.8 Å². The third-order valence-electron chi connectivity index (χ3n) is 3.49. The van der Waals surface area contributed by atoms with Gasteiger partial charge >= 0.3 is 0 Å². The van der Waals surface area contributed by atoms with Crippen molar-refractivity contribution >= 4 is 5.91 Å². The van der Waals surface area contributed by atoms with Crippen molar-refractivity contribution in [3.8, 4) is 11.4 Å². The van der Waals surface area contributed by atoms with Gasteiger partial charge in [-0.15, -0.1) is 0 Å². The van der Waals surface area contributed by atoms with Gasteiger partial charge < -0.3 is 10.4 Å². The number of aromatic nitrogens is 3. The summed E-state index contributed by atoms with van der Waals surface area (Å²) in [5.41, 5.74) is 1.96. The Hall–Kier alpha value is -3.22. The first-order chi connectivity index (χ1) is 11.5. The van der Waals surface area contributed by atoms with Gasteiger partial charge in [0.25, 0.3) is 5.91 Å². The summed E-state index contributed by atoms with van der Waals surface area (Å²) in [6.07, 6.45) is 4.60. The van der Waals surface area contributed by atoms with Gasteiger partial charge in [0.2, 0.25) is 0 Å². The molecule has 6 nitrogen and oxygen atoms in total. The fourth-order valence-electron chi connectivity index (χ4n) is 2.29. The average Bonchev–Trinajstić information content (AvgIpc) is 2.95. The highest BCUT2D eigenvalue weighted by molar-refractivity contribution is 5.94. The van der Waals surface area contributed by atoms with E-state index in [2.05, 4.69) is 15.4 Å². The number of halogens is 1. The highest BCUT2D eigenvalue weighted by Crippen LogP contribution is 2.21. The minimum absolute atomic E-state index is 0.0948. The van der Waals surface area contributed by atoms with Crippen LogP contribution in [0.2, 0.25) is 0 Å². The van der Waals surface area contributed by atoms with Gasteiger partial charge in [0.05, 0.1) is 11.9 Å². The van der Waals surface area contributed by atoms with Crippen LogP contribution in [-0.4, -0.2) is 25.8 Å². The lowest BCUT2D eigenvalue weighted by atomic mass is 10.2. The normalized spacial score (nSPS) is 10.6. The van der Waals surface area contributed by atoms with Crippen molar-refractivity contribution in [2.75, 3.05) is 0 Å². The molecule has 2 heterocycles. The number of nitrogens with zero attached hydrogens (tertiary/aromatic N) is 3. The number of pyridine rings is 1. The average molecular weight is 326 g/mol. The number of nitrogens with one attached hydrogen (secondary N) is 1. The van der Waals surface area contributed by atoms with E-state index in [0.29, 0.717) is 11.3 Å². The second-order valence-electron chi connectivity index (χ2n) is 5.28. The fourth-order valence-corrected chi connectivity index (χ4v) is 2.29. The minimum atomic E-state index is -0.505. The number of hydrogen-bond donors (Lipinski definition) is 2. The fraction of sp³-hybridized carbons (Fsp3) is 0.118. The van der Waals surface area contributed by atoms with E-state index in [4.69, 9.17) is 0 Å². The maximum absolute atomic E-state index is 13.2. The summed E-state index contributed by atoms with van der Waals surface area (Å²) in [7, 11) is 0. The summed E-state index contributed by atoms with van der Waals surface area (Å²) in [6.45, 7) is 1.99. The molecule has 0 aliphatic carbocycles. The Kier molecular flexibility index (Phi) is 4.24. The second-order valence-corrected chi connectivity index (χ2v) is 5.28. The smallest absolute Gasteiger partial charge is 0.275 e. The van der Waals surface area contributed by atoms with Gasteiger partial charge in [-0.3, -0.25) is 9.78 Å². The van der Waals surface area contributed by atoms with Crippen LogP contribution in [0.4, 0.5) is 4.39 Å². The minimum Gasteiger partial charge on any atom is -0.504 e. The molecule has 0 bridgehead atoms. The number of carbonyl (C=O) groups is 1. The van der Waals surface area contributed by atoms with Crippen LogP contribution < -0.4 is 5.32 Å². The predicted octanol–water partition coefficient (Wildman–Crippen LogP) is 2.35. The molecule has 1 amide bonds. The molecule has 3 rings (SSSR count). The Morgan fingerprint density at radius 3 is 2.92 bits per heavy atom. The monoisotopic (exact) mass is 326 g/mol. The quantitative estimate of drug-likeness (QED) is 0.771. The molecule has 2 N–H and O–H groups in total. The topological polar surface area (TPSA) is 80.0 Å². The van der Waals surface area contributed by atoms with Crippen molar-refractivity contribution in [3.05, 3.63) is 71.6 Å². The zero-order valence-corrected chi connectivity index (χ0v) is 12.9. The van der Waals surface area contributed by atoms with E-state index < -0.39 is 5.91 Å². The molecule has 0 fully saturated rings. The number of aromatic hydroxyl groups is 1. The Balaban J connectivity index is 1.79. The molecule has 2 aromatic heterocycles. The molecule has 24 heavy (non-hydrogen) atoms. The molecule has 1 aromatic carbocycles. The van der Waals surface area contributed by atoms with Crippen molar-refractivity contribution in [2.24, 2.45) is 0 Å². The van der Waals surface area contributed by atoms with Crippen LogP contribution in [0.3, 0.4) is 0 Å². The maximum atomic E-state index is 13.2. The van der Waals surface area contributed by atoms with Gasteiger partial charge in [-0.05, 0) is 42.3 Å². The van der Waals surface area contributed by atoms with Crippen molar-refractivity contribution in [1.29, 1.82) is 0 Å². The molecule has 3 aromatic rings. The summed E-state index contributed by atoms with van der Waals surface area (Å²) in [4.78, 5) is 16.2. The molecule has 122 valence electrons. The third-order valence-corrected chi connectivity index (χ3v) is 3.49. The summed E-state index contributed by atoms with van der Waals surface area (Å²) in [6, 6.07) is 7.78. The Bertz CT molecular complexity index is 878. The van der Waals surface area contributed by atoms with Crippen LogP contribution in [0.15, 0.2) is 48.9 Å². The van der Waals surface area contributed by atoms with Gasteiger partial charge in [-0.1, -0.05) is 6.07 Å². The molecule has 0 radical (unpaired) electrons. The van der Waals surface area contributed by atoms with Gasteiger partial charge in [-0.2, -0.15) is 5.10 Å². The lowest BCUT2D eigenvalue weighted by Crippen LogP contribution is -2.23. The van der Waals surface area contributed by atoms with E-state index in [1.165, 1.54) is 29.1 Å². The molecular formula is C17H15FN4O2. The molecule has 0 aliphatic heterocycles. The van der Waals surface area contributed by atoms with E-state index in [9.17, 15) is 14.3 Å². The third kappa shape index (κ3) is 3.24. The standard InChI is InChI=1S/C17H15FN4O2/c1-11-7-13(18)4-5-14(11)22-10-15(23)16(21-22)17(24)20-9-12-3-2-6-19-8-12/h2-8,10,23H,9H2,1H3,(H,20,24). The van der Waals surface area contributed by atoms with Crippen molar-refractivity contribution in [2.45, 2.75) is 13.5 Å². The zero-order valence-electron chi connectivity index (χ0n) is 12.9. The molecule has 7 heteroatoms. The van der Waals surface area contributed by atoms with E-state index in [1.54, 1.807) is 25.4 Å². The molecule has 0 aliphatic rings. The number of amides is 1. The summed E-state index contributed by atoms with van der Waals surface area (Å²) >= 11 is 0. The van der Waals surface area contributed by atoms with Crippen molar-refractivity contribution in [3.63, 3.8) is 0 Å². The highest BCUT2D eigenvalue weighted by Gasteiger charge is 2.17. The zero-order chi connectivity index (χ0) is 17.1. The molecular weight excluding hydrogens is 311 g/mol. The summed E-state index contributed by atoms with van der Waals surface area (Å²) in [5.74, 6) is -1.11. The maximum Gasteiger partial charge on any atom is 0.275 e. The summed E-state index contributed by atoms with van der Waals surface area (Å²) < 4.78 is 14.5. The lowest BCUT2D eigenvalue weighted by molar-refractivity contribution is 0.0943. The predicted molar refractivity (Wildman–Crippen MR) is 85.3 cm³/mol. The van der Waals surface area contributed by atoms with Gasteiger partial charge in [-0.25, -0.2) is 9.07 Å². The molecule has 0 spiro atoms. The van der Waals surface area contributed by atoms with Crippen molar-refractivity contribution < 1.29 is 14.3 Å². The van der Waals surface area contributed by atoms with E-state index >= 15 is 0 Å². The largest absolute Gasteiger partial charge is 0.504 e. The number of hydrogen-bond acceptors (Lipinski definition) is 4. The summed E-state index contributed by atoms with van der Waals surface area (Å²) in [5, 5.41) is 16.7. The number of benzene rings is 1. The van der Waals surface area contributed by atoms with Crippen LogP contribution in [0.25, 0.3) is 5.69 Å². The first-order valence-electron chi connectivity index (χ1n) is 7.27. The molecule has 0 saturated heterocycles. The molecule has 0 atom stereocenters. The number of aryl methyl sites for hydroxylation is 1. The Morgan fingerprint density at radius 1 is 1.38 bits per heavy atom. The van der Waals surface area contributed by atoms with Crippen LogP contribution >= 0.6 is 0 Å². The van der Waals surface area contributed by atoms with E-state index in [0.717, 1.165) is 5.56 Å². The van der Waals surface area contributed by atoms with Crippen LogP contribution in [0, 0.1) is 12.7 Å². The molecule has 0 saturated carbocycles. The second kappa shape index (κ2) is 6.49. The van der Waals surface area contributed by atoms with Gasteiger partial charge in [0.15, 0.2) is 11.4 Å².